The van der Waals surface area contributed by atoms with Crippen LogP contribution in [0.3, 0.4) is 0 Å². The lowest BCUT2D eigenvalue weighted by molar-refractivity contribution is 0.0734. The minimum absolute atomic E-state index is 0.111. The van der Waals surface area contributed by atoms with Gasteiger partial charge in [0.25, 0.3) is 0 Å². The van der Waals surface area contributed by atoms with Crippen molar-refractivity contribution < 1.29 is 13.9 Å². The van der Waals surface area contributed by atoms with Crippen LogP contribution in [0.4, 0.5) is 0 Å². The van der Waals surface area contributed by atoms with Gasteiger partial charge in [-0.15, -0.1) is 0 Å². The van der Waals surface area contributed by atoms with Crippen molar-refractivity contribution in [3.63, 3.8) is 0 Å². The molecule has 0 aliphatic heterocycles. The minimum atomic E-state index is -0.497. The Morgan fingerprint density at radius 1 is 0.962 bits per heavy atom. The van der Waals surface area contributed by atoms with Crippen molar-refractivity contribution in [2.24, 2.45) is 0 Å². The molecule has 0 aliphatic carbocycles. The van der Waals surface area contributed by atoms with Crippen LogP contribution in [-0.2, 0) is 5.41 Å². The Kier molecular flexibility index (Phi) is 4.76. The third-order valence-electron chi connectivity index (χ3n) is 4.10. The van der Waals surface area contributed by atoms with Crippen molar-refractivity contribution in [1.82, 2.24) is 0 Å². The van der Waals surface area contributed by atoms with Crippen molar-refractivity contribution in [2.45, 2.75) is 26.2 Å². The maximum absolute atomic E-state index is 12.7. The Labute approximate surface area is 152 Å². The van der Waals surface area contributed by atoms with Crippen LogP contribution in [0.1, 0.15) is 48.0 Å². The summed E-state index contributed by atoms with van der Waals surface area (Å²) in [5, 5.41) is 8.50. The molecule has 0 aliphatic rings. The zero-order valence-corrected chi connectivity index (χ0v) is 15.1. The van der Waals surface area contributed by atoms with Gasteiger partial charge in [-0.1, -0.05) is 45.0 Å². The highest BCUT2D eigenvalue weighted by Gasteiger charge is 2.23. The Hall–Kier alpha value is -3.14. The maximum atomic E-state index is 12.7. The molecular formula is C22H21NO3. The third kappa shape index (κ3) is 3.75. The van der Waals surface area contributed by atoms with E-state index in [-0.39, 0.29) is 11.1 Å². The van der Waals surface area contributed by atoms with Gasteiger partial charge >= 0.3 is 5.97 Å². The standard InChI is InChI=1S/C22H21NO3/c1-22(2,3)15-11-12-17(21(24)26-16-8-5-4-6-9-16)18(14-15)20(23)19-10-7-13-25-19/h4-14,23H,1-3H3. The molecule has 0 amide bonds. The zero-order valence-electron chi connectivity index (χ0n) is 15.1. The maximum Gasteiger partial charge on any atom is 0.344 e. The number of hydrogen-bond donors (Lipinski definition) is 1. The van der Waals surface area contributed by atoms with E-state index in [4.69, 9.17) is 14.6 Å². The van der Waals surface area contributed by atoms with Crippen molar-refractivity contribution >= 4 is 11.7 Å². The van der Waals surface area contributed by atoms with E-state index in [0.29, 0.717) is 22.6 Å². The van der Waals surface area contributed by atoms with Gasteiger partial charge < -0.3 is 9.15 Å². The third-order valence-corrected chi connectivity index (χ3v) is 4.10. The van der Waals surface area contributed by atoms with Gasteiger partial charge in [-0.2, -0.15) is 0 Å². The summed E-state index contributed by atoms with van der Waals surface area (Å²) in [5.74, 6) is 0.376. The number of rotatable bonds is 4. The fraction of sp³-hybridized carbons (Fsp3) is 0.182. The second-order valence-corrected chi connectivity index (χ2v) is 7.07. The summed E-state index contributed by atoms with van der Waals surface area (Å²) < 4.78 is 10.8. The first-order valence-electron chi connectivity index (χ1n) is 8.41. The molecule has 0 fully saturated rings. The fourth-order valence-corrected chi connectivity index (χ4v) is 2.60. The fourth-order valence-electron chi connectivity index (χ4n) is 2.60. The topological polar surface area (TPSA) is 63.3 Å². The Morgan fingerprint density at radius 3 is 2.31 bits per heavy atom. The number of hydrogen-bond acceptors (Lipinski definition) is 4. The van der Waals surface area contributed by atoms with E-state index >= 15 is 0 Å². The Morgan fingerprint density at radius 2 is 1.69 bits per heavy atom. The van der Waals surface area contributed by atoms with Crippen LogP contribution >= 0.6 is 0 Å². The number of ether oxygens (including phenoxy) is 1. The van der Waals surface area contributed by atoms with E-state index in [1.54, 1.807) is 42.5 Å². The molecule has 3 rings (SSSR count). The molecule has 132 valence electrons. The van der Waals surface area contributed by atoms with E-state index in [0.717, 1.165) is 5.56 Å². The highest BCUT2D eigenvalue weighted by atomic mass is 16.5. The van der Waals surface area contributed by atoms with Gasteiger partial charge in [-0.25, -0.2) is 4.79 Å². The van der Waals surface area contributed by atoms with Crippen LogP contribution in [0, 0.1) is 5.41 Å². The monoisotopic (exact) mass is 347 g/mol. The molecule has 3 aromatic rings. The van der Waals surface area contributed by atoms with E-state index in [2.05, 4.69) is 20.8 Å². The molecule has 2 aromatic carbocycles. The summed E-state index contributed by atoms with van der Waals surface area (Å²) in [6, 6.07) is 17.8. The minimum Gasteiger partial charge on any atom is -0.463 e. The lowest BCUT2D eigenvalue weighted by Crippen LogP contribution is -2.18. The van der Waals surface area contributed by atoms with Crippen LogP contribution in [0.15, 0.2) is 71.3 Å². The van der Waals surface area contributed by atoms with Crippen LogP contribution in [-0.4, -0.2) is 11.7 Å². The quantitative estimate of drug-likeness (QED) is 0.400. The molecule has 4 nitrogen and oxygen atoms in total. The predicted molar refractivity (Wildman–Crippen MR) is 101 cm³/mol. The van der Waals surface area contributed by atoms with Gasteiger partial charge in [0.15, 0.2) is 5.76 Å². The summed E-state index contributed by atoms with van der Waals surface area (Å²) >= 11 is 0. The molecule has 0 saturated carbocycles. The van der Waals surface area contributed by atoms with Gasteiger partial charge in [0.05, 0.1) is 11.8 Å². The van der Waals surface area contributed by atoms with Crippen LogP contribution < -0.4 is 4.74 Å². The summed E-state index contributed by atoms with van der Waals surface area (Å²) in [6.07, 6.45) is 1.51. The van der Waals surface area contributed by atoms with E-state index in [9.17, 15) is 4.79 Å². The molecule has 1 N–H and O–H groups in total. The highest BCUT2D eigenvalue weighted by molar-refractivity contribution is 6.15. The van der Waals surface area contributed by atoms with Crippen molar-refractivity contribution in [2.75, 3.05) is 0 Å². The SMILES string of the molecule is CC(C)(C)c1ccc(C(=O)Oc2ccccc2)c(C(=N)c2ccco2)c1. The molecule has 0 spiro atoms. The van der Waals surface area contributed by atoms with E-state index in [1.165, 1.54) is 6.26 Å². The molecular weight excluding hydrogens is 326 g/mol. The van der Waals surface area contributed by atoms with Gasteiger partial charge in [-0.3, -0.25) is 5.41 Å². The summed E-state index contributed by atoms with van der Waals surface area (Å²) in [6.45, 7) is 6.26. The van der Waals surface area contributed by atoms with Gasteiger partial charge in [0.2, 0.25) is 0 Å². The van der Waals surface area contributed by atoms with Gasteiger partial charge in [0.1, 0.15) is 11.5 Å². The first-order chi connectivity index (χ1) is 12.4. The number of para-hydroxylation sites is 1. The first-order valence-corrected chi connectivity index (χ1v) is 8.41. The lowest BCUT2D eigenvalue weighted by atomic mass is 9.84. The number of furan rings is 1. The summed E-state index contributed by atoms with van der Waals surface area (Å²) in [4.78, 5) is 12.7. The van der Waals surface area contributed by atoms with E-state index < -0.39 is 5.97 Å². The van der Waals surface area contributed by atoms with Crippen LogP contribution in [0.5, 0.6) is 5.75 Å². The van der Waals surface area contributed by atoms with Crippen molar-refractivity contribution in [1.29, 1.82) is 5.41 Å². The van der Waals surface area contributed by atoms with Gasteiger partial charge in [0, 0.05) is 5.56 Å². The first kappa shape index (κ1) is 17.7. The molecule has 0 saturated heterocycles. The number of esters is 1. The lowest BCUT2D eigenvalue weighted by Gasteiger charge is -2.21. The second kappa shape index (κ2) is 7.00. The summed E-state index contributed by atoms with van der Waals surface area (Å²) in [5.41, 5.74) is 1.90. The number of carbonyl (C=O) groups is 1. The smallest absolute Gasteiger partial charge is 0.344 e. The molecule has 0 radical (unpaired) electrons. The Balaban J connectivity index is 2.03. The molecule has 0 bridgehead atoms. The molecule has 1 aromatic heterocycles. The normalized spacial score (nSPS) is 11.2. The van der Waals surface area contributed by atoms with Crippen molar-refractivity contribution in [3.05, 3.63) is 89.4 Å². The number of nitrogens with one attached hydrogen (secondary N) is 1. The highest BCUT2D eigenvalue weighted by Crippen LogP contribution is 2.27. The second-order valence-electron chi connectivity index (χ2n) is 7.07. The zero-order chi connectivity index (χ0) is 18.7. The summed E-state index contributed by atoms with van der Waals surface area (Å²) in [7, 11) is 0. The number of benzene rings is 2. The average molecular weight is 347 g/mol. The molecule has 1 heterocycles. The van der Waals surface area contributed by atoms with Crippen LogP contribution in [0.2, 0.25) is 0 Å². The van der Waals surface area contributed by atoms with E-state index in [1.807, 2.05) is 18.2 Å². The predicted octanol–water partition coefficient (Wildman–Crippen LogP) is 5.21. The van der Waals surface area contributed by atoms with Crippen molar-refractivity contribution in [3.8, 4) is 5.75 Å². The van der Waals surface area contributed by atoms with Crippen LogP contribution in [0.25, 0.3) is 0 Å². The van der Waals surface area contributed by atoms with Gasteiger partial charge in [-0.05, 0) is 47.4 Å². The largest absolute Gasteiger partial charge is 0.463 e. The Bertz CT molecular complexity index is 920. The molecule has 0 atom stereocenters. The molecule has 4 heteroatoms. The molecule has 0 unspecified atom stereocenters. The average Bonchev–Trinajstić information content (AvgIpc) is 3.15. The number of carbonyl (C=O) groups excluding carboxylic acids is 1. The molecule has 26 heavy (non-hydrogen) atoms.